The van der Waals surface area contributed by atoms with Crippen LogP contribution in [0.5, 0.6) is 0 Å². The van der Waals surface area contributed by atoms with Gasteiger partial charge in [-0.25, -0.2) is 4.39 Å². The maximum Gasteiger partial charge on any atom is 0.219 e. The fraction of sp³-hybridized carbons (Fsp3) is 0.500. The van der Waals surface area contributed by atoms with Gasteiger partial charge < -0.3 is 15.5 Å². The van der Waals surface area contributed by atoms with E-state index in [9.17, 15) is 9.18 Å². The number of amides is 1. The summed E-state index contributed by atoms with van der Waals surface area (Å²) in [5, 5.41) is 0. The monoisotopic (exact) mass is 263 g/mol. The first-order chi connectivity index (χ1) is 9.03. The van der Waals surface area contributed by atoms with Gasteiger partial charge in [-0.05, 0) is 12.1 Å². The largest absolute Gasteiger partial charge is 0.370 e. The summed E-state index contributed by atoms with van der Waals surface area (Å²) >= 11 is 0. The topological polar surface area (TPSA) is 49.6 Å². The van der Waals surface area contributed by atoms with E-state index in [4.69, 9.17) is 5.73 Å². The van der Waals surface area contributed by atoms with Gasteiger partial charge in [-0.1, -0.05) is 6.07 Å². The summed E-state index contributed by atoms with van der Waals surface area (Å²) in [6.45, 7) is 5.30. The molecule has 1 aromatic carbocycles. The van der Waals surface area contributed by atoms with Crippen molar-refractivity contribution in [2.24, 2.45) is 11.1 Å². The molecule has 2 N–H and O–H groups in total. The number of halogens is 1. The Morgan fingerprint density at radius 2 is 2.05 bits per heavy atom. The lowest BCUT2D eigenvalue weighted by molar-refractivity contribution is -0.142. The highest BCUT2D eigenvalue weighted by Gasteiger charge is 2.52. The molecule has 102 valence electrons. The van der Waals surface area contributed by atoms with Gasteiger partial charge in [-0.3, -0.25) is 4.79 Å². The van der Waals surface area contributed by atoms with Gasteiger partial charge in [0.15, 0.2) is 0 Å². The Hall–Kier alpha value is -1.62. The standard InChI is InChI=1S/C14H18FN3O/c1-10(19)17-6-14(7-17)8-18(9-14)12-3-2-11(5-16)13(15)4-12/h2-4H,5-9,16H2,1H3. The molecule has 1 aromatic rings. The second-order valence-corrected chi connectivity index (χ2v) is 5.71. The third-order valence-electron chi connectivity index (χ3n) is 4.17. The summed E-state index contributed by atoms with van der Waals surface area (Å²) in [5.41, 5.74) is 7.15. The molecule has 0 bridgehead atoms. The summed E-state index contributed by atoms with van der Waals surface area (Å²) in [6, 6.07) is 5.22. The Morgan fingerprint density at radius 1 is 1.37 bits per heavy atom. The zero-order valence-electron chi connectivity index (χ0n) is 11.0. The van der Waals surface area contributed by atoms with Gasteiger partial charge in [0, 0.05) is 56.3 Å². The summed E-state index contributed by atoms with van der Waals surface area (Å²) in [6.07, 6.45) is 0. The van der Waals surface area contributed by atoms with E-state index in [1.54, 1.807) is 19.1 Å². The van der Waals surface area contributed by atoms with Crippen molar-refractivity contribution in [3.05, 3.63) is 29.6 Å². The van der Waals surface area contributed by atoms with Crippen molar-refractivity contribution in [3.8, 4) is 0 Å². The van der Waals surface area contributed by atoms with Crippen molar-refractivity contribution >= 4 is 11.6 Å². The number of benzene rings is 1. The fourth-order valence-electron chi connectivity index (χ4n) is 3.03. The SMILES string of the molecule is CC(=O)N1CC2(C1)CN(c1ccc(CN)c(F)c1)C2. The Morgan fingerprint density at radius 3 is 2.58 bits per heavy atom. The number of anilines is 1. The molecule has 0 aromatic heterocycles. The lowest BCUT2D eigenvalue weighted by Crippen LogP contribution is -2.72. The summed E-state index contributed by atoms with van der Waals surface area (Å²) < 4.78 is 13.7. The summed E-state index contributed by atoms with van der Waals surface area (Å²) in [7, 11) is 0. The zero-order chi connectivity index (χ0) is 13.6. The van der Waals surface area contributed by atoms with Crippen LogP contribution in [0.15, 0.2) is 18.2 Å². The van der Waals surface area contributed by atoms with Gasteiger partial charge in [-0.15, -0.1) is 0 Å². The molecule has 1 amide bonds. The highest BCUT2D eigenvalue weighted by Crippen LogP contribution is 2.41. The number of rotatable bonds is 2. The van der Waals surface area contributed by atoms with Gasteiger partial charge in [0.2, 0.25) is 5.91 Å². The number of hydrogen-bond donors (Lipinski definition) is 1. The quantitative estimate of drug-likeness (QED) is 0.864. The Kier molecular flexibility index (Phi) is 2.74. The molecule has 1 spiro atoms. The second-order valence-electron chi connectivity index (χ2n) is 5.71. The molecular formula is C14H18FN3O. The lowest BCUT2D eigenvalue weighted by atomic mass is 9.72. The van der Waals surface area contributed by atoms with Crippen LogP contribution in [0.1, 0.15) is 12.5 Å². The normalized spacial score (nSPS) is 20.2. The molecule has 2 heterocycles. The van der Waals surface area contributed by atoms with E-state index in [0.29, 0.717) is 5.56 Å². The molecule has 4 nitrogen and oxygen atoms in total. The number of hydrogen-bond acceptors (Lipinski definition) is 3. The minimum atomic E-state index is -0.236. The number of nitrogens with two attached hydrogens (primary N) is 1. The van der Waals surface area contributed by atoms with Crippen LogP contribution in [0.2, 0.25) is 0 Å². The first-order valence-corrected chi connectivity index (χ1v) is 6.52. The molecule has 0 radical (unpaired) electrons. The molecule has 0 atom stereocenters. The van der Waals surface area contributed by atoms with Crippen molar-refractivity contribution in [2.75, 3.05) is 31.1 Å². The van der Waals surface area contributed by atoms with Crippen LogP contribution in [0.25, 0.3) is 0 Å². The van der Waals surface area contributed by atoms with Crippen LogP contribution in [-0.4, -0.2) is 37.0 Å². The first-order valence-electron chi connectivity index (χ1n) is 6.52. The van der Waals surface area contributed by atoms with Crippen LogP contribution in [0.4, 0.5) is 10.1 Å². The van der Waals surface area contributed by atoms with E-state index < -0.39 is 0 Å². The fourth-order valence-corrected chi connectivity index (χ4v) is 3.03. The molecule has 5 heteroatoms. The van der Waals surface area contributed by atoms with Crippen LogP contribution in [0, 0.1) is 11.2 Å². The Balaban J connectivity index is 1.62. The van der Waals surface area contributed by atoms with E-state index in [1.807, 2.05) is 11.0 Å². The third kappa shape index (κ3) is 1.98. The molecule has 19 heavy (non-hydrogen) atoms. The van der Waals surface area contributed by atoms with Gasteiger partial charge in [0.1, 0.15) is 5.82 Å². The zero-order valence-corrected chi connectivity index (χ0v) is 11.0. The predicted octanol–water partition coefficient (Wildman–Crippen LogP) is 0.953. The average Bonchev–Trinajstić information content (AvgIpc) is 2.25. The maximum atomic E-state index is 13.7. The average molecular weight is 263 g/mol. The molecule has 0 saturated carbocycles. The van der Waals surface area contributed by atoms with Crippen LogP contribution in [-0.2, 0) is 11.3 Å². The Bertz CT molecular complexity index is 517. The molecule has 3 rings (SSSR count). The van der Waals surface area contributed by atoms with E-state index >= 15 is 0 Å². The third-order valence-corrected chi connectivity index (χ3v) is 4.17. The van der Waals surface area contributed by atoms with Crippen molar-refractivity contribution in [2.45, 2.75) is 13.5 Å². The van der Waals surface area contributed by atoms with Gasteiger partial charge in [0.05, 0.1) is 0 Å². The minimum absolute atomic E-state index is 0.141. The molecule has 0 unspecified atom stereocenters. The van der Waals surface area contributed by atoms with E-state index in [1.165, 1.54) is 0 Å². The van der Waals surface area contributed by atoms with Gasteiger partial charge in [0.25, 0.3) is 0 Å². The van der Waals surface area contributed by atoms with Crippen molar-refractivity contribution in [1.82, 2.24) is 4.90 Å². The molecule has 2 saturated heterocycles. The van der Waals surface area contributed by atoms with E-state index in [2.05, 4.69) is 4.90 Å². The van der Waals surface area contributed by atoms with E-state index in [-0.39, 0.29) is 23.7 Å². The number of likely N-dealkylation sites (tertiary alicyclic amines) is 1. The smallest absolute Gasteiger partial charge is 0.219 e. The molecular weight excluding hydrogens is 245 g/mol. The van der Waals surface area contributed by atoms with Crippen molar-refractivity contribution in [3.63, 3.8) is 0 Å². The molecule has 2 fully saturated rings. The Labute approximate surface area is 112 Å². The summed E-state index contributed by atoms with van der Waals surface area (Å²) in [4.78, 5) is 15.2. The first kappa shape index (κ1) is 12.4. The van der Waals surface area contributed by atoms with Gasteiger partial charge in [-0.2, -0.15) is 0 Å². The second kappa shape index (κ2) is 4.20. The molecule has 2 aliphatic heterocycles. The van der Waals surface area contributed by atoms with Crippen molar-refractivity contribution in [1.29, 1.82) is 0 Å². The highest BCUT2D eigenvalue weighted by molar-refractivity contribution is 5.74. The number of carbonyl (C=O) groups excluding carboxylic acids is 1. The number of carbonyl (C=O) groups is 1. The van der Waals surface area contributed by atoms with Gasteiger partial charge >= 0.3 is 0 Å². The molecule has 0 aliphatic carbocycles. The highest BCUT2D eigenvalue weighted by atomic mass is 19.1. The lowest BCUT2D eigenvalue weighted by Gasteiger charge is -2.60. The summed E-state index contributed by atoms with van der Waals surface area (Å²) in [5.74, 6) is -0.0951. The predicted molar refractivity (Wildman–Crippen MR) is 71.2 cm³/mol. The van der Waals surface area contributed by atoms with Crippen LogP contribution < -0.4 is 10.6 Å². The van der Waals surface area contributed by atoms with E-state index in [0.717, 1.165) is 31.9 Å². The molecule has 2 aliphatic rings. The van der Waals surface area contributed by atoms with Crippen molar-refractivity contribution < 1.29 is 9.18 Å². The maximum absolute atomic E-state index is 13.7. The minimum Gasteiger partial charge on any atom is -0.370 e. The number of nitrogens with zero attached hydrogens (tertiary/aromatic N) is 2. The van der Waals surface area contributed by atoms with Crippen LogP contribution in [0.3, 0.4) is 0 Å². The van der Waals surface area contributed by atoms with Crippen LogP contribution >= 0.6 is 0 Å².